The van der Waals surface area contributed by atoms with Crippen LogP contribution in [0.1, 0.15) is 23.9 Å². The highest BCUT2D eigenvalue weighted by Crippen LogP contribution is 2.25. The van der Waals surface area contributed by atoms with Crippen LogP contribution in [0.25, 0.3) is 0 Å². The van der Waals surface area contributed by atoms with E-state index in [-0.39, 0.29) is 5.91 Å². The number of thiazole rings is 1. The maximum absolute atomic E-state index is 11.0. The van der Waals surface area contributed by atoms with Gasteiger partial charge in [-0.3, -0.25) is 14.7 Å². The van der Waals surface area contributed by atoms with Gasteiger partial charge in [0.2, 0.25) is 5.91 Å². The Morgan fingerprint density at radius 3 is 3.14 bits per heavy atom. The molecule has 0 radical (unpaired) electrons. The van der Waals surface area contributed by atoms with E-state index in [1.807, 2.05) is 18.5 Å². The molecule has 0 spiro atoms. The molecule has 6 heteroatoms. The van der Waals surface area contributed by atoms with Crippen molar-refractivity contribution in [2.24, 2.45) is 5.92 Å². The molecule has 1 saturated heterocycles. The molecule has 1 amide bonds. The monoisotopic (exact) mass is 316 g/mol. The van der Waals surface area contributed by atoms with Gasteiger partial charge in [-0.25, -0.2) is 4.98 Å². The lowest BCUT2D eigenvalue weighted by molar-refractivity contribution is -0.114. The van der Waals surface area contributed by atoms with Gasteiger partial charge in [0.05, 0.1) is 0 Å². The standard InChI is InChI=1S/C16H20N4OS/c1-12(21)19-16-18-9-15(22-16)11-20-7-5-13(10-20)8-14-4-2-3-6-17-14/h2-4,6,9,13H,5,7-8,10-11H2,1H3,(H,18,19,21). The number of amides is 1. The lowest BCUT2D eigenvalue weighted by Gasteiger charge is -2.14. The molecule has 1 fully saturated rings. The second-order valence-electron chi connectivity index (χ2n) is 5.73. The number of nitrogens with one attached hydrogen (secondary N) is 1. The van der Waals surface area contributed by atoms with Crippen molar-refractivity contribution < 1.29 is 4.79 Å². The minimum absolute atomic E-state index is 0.0718. The number of carbonyl (C=O) groups excluding carboxylic acids is 1. The second kappa shape index (κ2) is 6.98. The van der Waals surface area contributed by atoms with E-state index in [0.717, 1.165) is 26.1 Å². The number of aromatic nitrogens is 2. The topological polar surface area (TPSA) is 58.1 Å². The van der Waals surface area contributed by atoms with Crippen LogP contribution in [0, 0.1) is 5.92 Å². The second-order valence-corrected chi connectivity index (χ2v) is 6.84. The molecule has 0 aromatic carbocycles. The van der Waals surface area contributed by atoms with Gasteiger partial charge in [0.15, 0.2) is 5.13 Å². The average molecular weight is 316 g/mol. The Balaban J connectivity index is 1.50. The third kappa shape index (κ3) is 4.11. The summed E-state index contributed by atoms with van der Waals surface area (Å²) in [5.74, 6) is 0.607. The Labute approximate surface area is 134 Å². The molecule has 2 aromatic rings. The van der Waals surface area contributed by atoms with Crippen LogP contribution in [-0.2, 0) is 17.8 Å². The zero-order chi connectivity index (χ0) is 15.4. The van der Waals surface area contributed by atoms with Gasteiger partial charge in [-0.2, -0.15) is 0 Å². The lowest BCUT2D eigenvalue weighted by atomic mass is 10.0. The molecule has 0 saturated carbocycles. The van der Waals surface area contributed by atoms with E-state index in [9.17, 15) is 4.79 Å². The van der Waals surface area contributed by atoms with E-state index >= 15 is 0 Å². The van der Waals surface area contributed by atoms with Gasteiger partial charge in [0.25, 0.3) is 0 Å². The SMILES string of the molecule is CC(=O)Nc1ncc(CN2CCC(Cc3ccccn3)C2)s1. The zero-order valence-corrected chi connectivity index (χ0v) is 13.5. The van der Waals surface area contributed by atoms with Gasteiger partial charge in [-0.15, -0.1) is 11.3 Å². The number of pyridine rings is 1. The van der Waals surface area contributed by atoms with Crippen molar-refractivity contribution >= 4 is 22.4 Å². The van der Waals surface area contributed by atoms with Gasteiger partial charge in [0, 0.05) is 43.0 Å². The highest BCUT2D eigenvalue weighted by atomic mass is 32.1. The predicted octanol–water partition coefficient (Wildman–Crippen LogP) is 2.56. The van der Waals surface area contributed by atoms with E-state index in [1.165, 1.54) is 23.9 Å². The van der Waals surface area contributed by atoms with Crippen LogP contribution in [0.5, 0.6) is 0 Å². The Hall–Kier alpha value is -1.79. The van der Waals surface area contributed by atoms with Gasteiger partial charge < -0.3 is 5.32 Å². The number of anilines is 1. The molecule has 1 N–H and O–H groups in total. The molecular formula is C16H20N4OS. The smallest absolute Gasteiger partial charge is 0.223 e. The van der Waals surface area contributed by atoms with Gasteiger partial charge in [-0.05, 0) is 37.4 Å². The summed E-state index contributed by atoms with van der Waals surface area (Å²) in [5.41, 5.74) is 1.18. The van der Waals surface area contributed by atoms with Crippen molar-refractivity contribution in [3.05, 3.63) is 41.2 Å². The summed E-state index contributed by atoms with van der Waals surface area (Å²) in [5, 5.41) is 3.42. The molecule has 2 aromatic heterocycles. The molecule has 3 heterocycles. The van der Waals surface area contributed by atoms with Crippen molar-refractivity contribution in [3.63, 3.8) is 0 Å². The van der Waals surface area contributed by atoms with Crippen molar-refractivity contribution in [3.8, 4) is 0 Å². The summed E-state index contributed by atoms with van der Waals surface area (Å²) in [6, 6.07) is 6.11. The molecule has 22 heavy (non-hydrogen) atoms. The van der Waals surface area contributed by atoms with E-state index in [0.29, 0.717) is 11.0 Å². The fourth-order valence-electron chi connectivity index (χ4n) is 2.85. The minimum Gasteiger partial charge on any atom is -0.302 e. The highest BCUT2D eigenvalue weighted by molar-refractivity contribution is 7.15. The van der Waals surface area contributed by atoms with Crippen LogP contribution in [0.15, 0.2) is 30.6 Å². The van der Waals surface area contributed by atoms with Crippen LogP contribution in [0.3, 0.4) is 0 Å². The predicted molar refractivity (Wildman–Crippen MR) is 87.7 cm³/mol. The first-order valence-corrected chi connectivity index (χ1v) is 8.35. The molecule has 1 atom stereocenters. The number of likely N-dealkylation sites (tertiary alicyclic amines) is 1. The largest absolute Gasteiger partial charge is 0.302 e. The molecule has 0 bridgehead atoms. The van der Waals surface area contributed by atoms with Crippen molar-refractivity contribution in [1.82, 2.24) is 14.9 Å². The van der Waals surface area contributed by atoms with Crippen LogP contribution in [0.2, 0.25) is 0 Å². The molecule has 1 unspecified atom stereocenters. The van der Waals surface area contributed by atoms with Crippen molar-refractivity contribution in [2.45, 2.75) is 26.3 Å². The molecular weight excluding hydrogens is 296 g/mol. The Bertz CT molecular complexity index is 628. The van der Waals surface area contributed by atoms with E-state index in [4.69, 9.17) is 0 Å². The number of rotatable bonds is 5. The van der Waals surface area contributed by atoms with Crippen LogP contribution in [0.4, 0.5) is 5.13 Å². The zero-order valence-electron chi connectivity index (χ0n) is 12.7. The van der Waals surface area contributed by atoms with Crippen LogP contribution in [-0.4, -0.2) is 33.9 Å². The summed E-state index contributed by atoms with van der Waals surface area (Å²) in [6.07, 6.45) is 6.00. The van der Waals surface area contributed by atoms with Crippen molar-refractivity contribution in [1.29, 1.82) is 0 Å². The van der Waals surface area contributed by atoms with Gasteiger partial charge >= 0.3 is 0 Å². The fraction of sp³-hybridized carbons (Fsp3) is 0.438. The van der Waals surface area contributed by atoms with Crippen LogP contribution < -0.4 is 5.32 Å². The first-order valence-electron chi connectivity index (χ1n) is 7.53. The Morgan fingerprint density at radius 1 is 1.45 bits per heavy atom. The maximum atomic E-state index is 11.0. The quantitative estimate of drug-likeness (QED) is 0.921. The first-order chi connectivity index (χ1) is 10.7. The van der Waals surface area contributed by atoms with Crippen molar-refractivity contribution in [2.75, 3.05) is 18.4 Å². The summed E-state index contributed by atoms with van der Waals surface area (Å²) >= 11 is 1.56. The molecule has 116 valence electrons. The normalized spacial score (nSPS) is 18.5. The summed E-state index contributed by atoms with van der Waals surface area (Å²) in [4.78, 5) is 23.3. The molecule has 1 aliphatic heterocycles. The maximum Gasteiger partial charge on any atom is 0.223 e. The number of nitrogens with zero attached hydrogens (tertiary/aromatic N) is 3. The van der Waals surface area contributed by atoms with Gasteiger partial charge in [-0.1, -0.05) is 6.07 Å². The van der Waals surface area contributed by atoms with E-state index in [1.54, 1.807) is 11.3 Å². The molecule has 1 aliphatic rings. The summed E-state index contributed by atoms with van der Waals surface area (Å²) in [7, 11) is 0. The lowest BCUT2D eigenvalue weighted by Crippen LogP contribution is -2.20. The minimum atomic E-state index is -0.0718. The van der Waals surface area contributed by atoms with E-state index < -0.39 is 0 Å². The Morgan fingerprint density at radius 2 is 2.36 bits per heavy atom. The van der Waals surface area contributed by atoms with E-state index in [2.05, 4.69) is 32.3 Å². The Kier molecular flexibility index (Phi) is 4.80. The highest BCUT2D eigenvalue weighted by Gasteiger charge is 2.23. The third-order valence-electron chi connectivity index (χ3n) is 3.81. The fourth-order valence-corrected chi connectivity index (χ4v) is 3.75. The summed E-state index contributed by atoms with van der Waals surface area (Å²) in [6.45, 7) is 4.63. The van der Waals surface area contributed by atoms with Crippen LogP contribution >= 0.6 is 11.3 Å². The average Bonchev–Trinajstić information content (AvgIpc) is 3.10. The first kappa shape index (κ1) is 15.1. The van der Waals surface area contributed by atoms with Gasteiger partial charge in [0.1, 0.15) is 0 Å². The molecule has 3 rings (SSSR count). The number of hydrogen-bond donors (Lipinski definition) is 1. The third-order valence-corrected chi connectivity index (χ3v) is 4.71. The number of carbonyl (C=O) groups is 1. The molecule has 5 nitrogen and oxygen atoms in total. The summed E-state index contributed by atoms with van der Waals surface area (Å²) < 4.78 is 0. The molecule has 0 aliphatic carbocycles. The number of hydrogen-bond acceptors (Lipinski definition) is 5.